The second-order valence-corrected chi connectivity index (χ2v) is 7.16. The van der Waals surface area contributed by atoms with E-state index in [9.17, 15) is 22.8 Å². The molecule has 2 aromatic carbocycles. The van der Waals surface area contributed by atoms with Gasteiger partial charge in [0.15, 0.2) is 5.69 Å². The number of nitrogens with zero attached hydrogens (tertiary/aromatic N) is 2. The molecule has 0 saturated heterocycles. The molecule has 0 saturated carbocycles. The zero-order valence-corrected chi connectivity index (χ0v) is 18.6. The van der Waals surface area contributed by atoms with Gasteiger partial charge in [-0.15, -0.1) is 0 Å². The van der Waals surface area contributed by atoms with E-state index in [1.54, 1.807) is 30.3 Å². The number of esters is 2. The highest BCUT2D eigenvalue weighted by Gasteiger charge is 2.40. The number of aromatic nitrogens is 2. The third kappa shape index (κ3) is 4.07. The molecule has 0 fully saturated rings. The Kier molecular flexibility index (Phi) is 6.58. The maximum Gasteiger partial charge on any atom is 0.417 e. The Bertz CT molecular complexity index is 1180. The number of rotatable bonds is 5. The van der Waals surface area contributed by atoms with Crippen LogP contribution in [-0.4, -0.2) is 43.0 Å². The van der Waals surface area contributed by atoms with Crippen molar-refractivity contribution in [2.24, 2.45) is 0 Å². The number of methoxy groups -OCH3 is 3. The van der Waals surface area contributed by atoms with Crippen LogP contribution in [0.15, 0.2) is 46.9 Å². The first-order valence-corrected chi connectivity index (χ1v) is 9.74. The van der Waals surface area contributed by atoms with E-state index in [1.807, 2.05) is 0 Å². The lowest BCUT2D eigenvalue weighted by Gasteiger charge is -2.17. The van der Waals surface area contributed by atoms with Crippen molar-refractivity contribution in [1.29, 1.82) is 0 Å². The topological polar surface area (TPSA) is 79.7 Å². The molecule has 0 unspecified atom stereocenters. The van der Waals surface area contributed by atoms with Crippen LogP contribution in [0.5, 0.6) is 5.75 Å². The van der Waals surface area contributed by atoms with Crippen LogP contribution in [-0.2, 0) is 15.7 Å². The third-order valence-corrected chi connectivity index (χ3v) is 5.13. The summed E-state index contributed by atoms with van der Waals surface area (Å²) in [5.74, 6) is -2.28. The molecule has 0 amide bonds. The Morgan fingerprint density at radius 2 is 1.59 bits per heavy atom. The number of hydrogen-bond acceptors (Lipinski definition) is 6. The molecule has 0 aliphatic carbocycles. The van der Waals surface area contributed by atoms with Crippen molar-refractivity contribution < 1.29 is 37.0 Å². The molecule has 0 atom stereocenters. The van der Waals surface area contributed by atoms with Crippen LogP contribution in [0.3, 0.4) is 0 Å². The average molecular weight is 513 g/mol. The van der Waals surface area contributed by atoms with Gasteiger partial charge in [0.2, 0.25) is 0 Å². The maximum atomic E-state index is 13.9. The quantitative estimate of drug-likeness (QED) is 0.452. The summed E-state index contributed by atoms with van der Waals surface area (Å²) in [5, 5.41) is 4.23. The summed E-state index contributed by atoms with van der Waals surface area (Å²) in [6, 6.07) is 10.1. The predicted molar refractivity (Wildman–Crippen MR) is 111 cm³/mol. The Balaban J connectivity index is 2.53. The van der Waals surface area contributed by atoms with E-state index in [0.717, 1.165) is 25.0 Å². The molecule has 0 N–H and O–H groups in total. The molecule has 0 aliphatic rings. The standard InChI is InChI=1S/C21H16BrF3N2O5/c1-30-18-13(22)10-9-12(21(23,24)25)14(18)16-15(19(28)31-2)17(20(29)32-3)27(26-16)11-7-5-4-6-8-11/h4-10H,1-3H3. The van der Waals surface area contributed by atoms with Crippen LogP contribution in [0.25, 0.3) is 16.9 Å². The number of ether oxygens (including phenoxy) is 3. The second kappa shape index (κ2) is 9.03. The number of hydrogen-bond donors (Lipinski definition) is 0. The summed E-state index contributed by atoms with van der Waals surface area (Å²) in [4.78, 5) is 25.4. The molecule has 3 rings (SSSR count). The lowest BCUT2D eigenvalue weighted by molar-refractivity contribution is -0.137. The van der Waals surface area contributed by atoms with Gasteiger partial charge in [-0.3, -0.25) is 0 Å². The van der Waals surface area contributed by atoms with E-state index < -0.39 is 46.2 Å². The second-order valence-electron chi connectivity index (χ2n) is 6.30. The summed E-state index contributed by atoms with van der Waals surface area (Å²) in [6.07, 6.45) is -4.82. The lowest BCUT2D eigenvalue weighted by atomic mass is 9.98. The summed E-state index contributed by atoms with van der Waals surface area (Å²) in [7, 11) is 3.29. The monoisotopic (exact) mass is 512 g/mol. The Hall–Kier alpha value is -3.34. The van der Waals surface area contributed by atoms with Crippen LogP contribution >= 0.6 is 15.9 Å². The number of alkyl halides is 3. The maximum absolute atomic E-state index is 13.9. The van der Waals surface area contributed by atoms with Crippen molar-refractivity contribution in [3.63, 3.8) is 0 Å². The minimum absolute atomic E-state index is 0.188. The van der Waals surface area contributed by atoms with Gasteiger partial charge in [0.05, 0.1) is 42.6 Å². The number of benzene rings is 2. The van der Waals surface area contributed by atoms with E-state index in [-0.39, 0.29) is 10.2 Å². The molecule has 1 aromatic heterocycles. The van der Waals surface area contributed by atoms with Crippen LogP contribution in [0, 0.1) is 0 Å². The first-order chi connectivity index (χ1) is 15.1. The molecular weight excluding hydrogens is 497 g/mol. The first-order valence-electron chi connectivity index (χ1n) is 8.94. The van der Waals surface area contributed by atoms with Gasteiger partial charge in [0.1, 0.15) is 17.0 Å². The molecule has 0 bridgehead atoms. The van der Waals surface area contributed by atoms with Gasteiger partial charge in [-0.05, 0) is 40.2 Å². The molecule has 1 heterocycles. The summed E-state index contributed by atoms with van der Waals surface area (Å²) in [6.45, 7) is 0. The van der Waals surface area contributed by atoms with Gasteiger partial charge < -0.3 is 14.2 Å². The van der Waals surface area contributed by atoms with Crippen molar-refractivity contribution in [2.75, 3.05) is 21.3 Å². The number of para-hydroxylation sites is 1. The van der Waals surface area contributed by atoms with Crippen LogP contribution in [0.4, 0.5) is 13.2 Å². The van der Waals surface area contributed by atoms with E-state index >= 15 is 0 Å². The average Bonchev–Trinajstić information content (AvgIpc) is 3.17. The number of carbonyl (C=O) groups is 2. The molecule has 32 heavy (non-hydrogen) atoms. The highest BCUT2D eigenvalue weighted by atomic mass is 79.9. The zero-order valence-electron chi connectivity index (χ0n) is 17.0. The largest absolute Gasteiger partial charge is 0.495 e. The lowest BCUT2D eigenvalue weighted by Crippen LogP contribution is -2.15. The van der Waals surface area contributed by atoms with Gasteiger partial charge in [-0.2, -0.15) is 18.3 Å². The summed E-state index contributed by atoms with van der Waals surface area (Å²) in [5.41, 5.74) is -2.68. The van der Waals surface area contributed by atoms with Crippen molar-refractivity contribution in [3.05, 3.63) is 63.8 Å². The fourth-order valence-corrected chi connectivity index (χ4v) is 3.65. The SMILES string of the molecule is COC(=O)c1c(-c2c(C(F)(F)F)ccc(Br)c2OC)nn(-c2ccccc2)c1C(=O)OC. The normalized spacial score (nSPS) is 11.2. The Morgan fingerprint density at radius 3 is 2.12 bits per heavy atom. The first kappa shape index (κ1) is 23.3. The van der Waals surface area contributed by atoms with Crippen molar-refractivity contribution in [1.82, 2.24) is 9.78 Å². The fraction of sp³-hybridized carbons (Fsp3) is 0.190. The van der Waals surface area contributed by atoms with E-state index in [4.69, 9.17) is 14.2 Å². The zero-order chi connectivity index (χ0) is 23.6. The fourth-order valence-electron chi connectivity index (χ4n) is 3.16. The van der Waals surface area contributed by atoms with Gasteiger partial charge in [0.25, 0.3) is 0 Å². The van der Waals surface area contributed by atoms with E-state index in [2.05, 4.69) is 21.0 Å². The molecule has 168 valence electrons. The third-order valence-electron chi connectivity index (χ3n) is 4.51. The minimum Gasteiger partial charge on any atom is -0.495 e. The van der Waals surface area contributed by atoms with Crippen molar-refractivity contribution in [3.8, 4) is 22.7 Å². The van der Waals surface area contributed by atoms with Crippen molar-refractivity contribution >= 4 is 27.9 Å². The molecule has 0 radical (unpaired) electrons. The molecule has 7 nitrogen and oxygen atoms in total. The smallest absolute Gasteiger partial charge is 0.417 e. The minimum atomic E-state index is -4.82. The van der Waals surface area contributed by atoms with Gasteiger partial charge in [-0.1, -0.05) is 18.2 Å². The molecular formula is C21H16BrF3N2O5. The van der Waals surface area contributed by atoms with Crippen LogP contribution in [0.1, 0.15) is 26.4 Å². The molecule has 0 spiro atoms. The summed E-state index contributed by atoms with van der Waals surface area (Å²) >= 11 is 3.16. The highest BCUT2D eigenvalue weighted by molar-refractivity contribution is 9.10. The van der Waals surface area contributed by atoms with Crippen LogP contribution in [0.2, 0.25) is 0 Å². The van der Waals surface area contributed by atoms with Gasteiger partial charge in [-0.25, -0.2) is 14.3 Å². The molecule has 3 aromatic rings. The Morgan fingerprint density at radius 1 is 0.969 bits per heavy atom. The van der Waals surface area contributed by atoms with Gasteiger partial charge in [0, 0.05) is 0 Å². The highest BCUT2D eigenvalue weighted by Crippen LogP contribution is 2.46. The van der Waals surface area contributed by atoms with Gasteiger partial charge >= 0.3 is 18.1 Å². The number of carbonyl (C=O) groups excluding carboxylic acids is 2. The molecule has 11 heteroatoms. The summed E-state index contributed by atoms with van der Waals surface area (Å²) < 4.78 is 57.8. The van der Waals surface area contributed by atoms with Crippen molar-refractivity contribution in [2.45, 2.75) is 6.18 Å². The number of halogens is 4. The van der Waals surface area contributed by atoms with E-state index in [0.29, 0.717) is 5.69 Å². The van der Waals surface area contributed by atoms with E-state index in [1.165, 1.54) is 13.2 Å². The Labute approximate surface area is 188 Å². The van der Waals surface area contributed by atoms with Crippen LogP contribution < -0.4 is 4.74 Å². The predicted octanol–water partition coefficient (Wildman–Crippen LogP) is 4.90. The molecule has 0 aliphatic heterocycles.